The first-order valence-electron chi connectivity index (χ1n) is 6.22. The Balaban J connectivity index is 1.90. The molecule has 1 aromatic heterocycles. The zero-order valence-electron chi connectivity index (χ0n) is 11.2. The van der Waals surface area contributed by atoms with Crippen molar-refractivity contribution in [2.24, 2.45) is 0 Å². The molecular formula is C14H18N4O. The highest BCUT2D eigenvalue weighted by Crippen LogP contribution is 2.14. The fourth-order valence-electron chi connectivity index (χ4n) is 1.97. The van der Waals surface area contributed by atoms with E-state index in [1.54, 1.807) is 24.3 Å². The Hall–Kier alpha value is -2.30. The number of nitrogens with two attached hydrogens (primary N) is 1. The SMILES string of the molecule is Cc1n[nH]c(C)c1CCC(=O)Nc1ccc(N)cc1. The number of hydrogen-bond acceptors (Lipinski definition) is 3. The maximum absolute atomic E-state index is 11.8. The Bertz CT molecular complexity index is 552. The smallest absolute Gasteiger partial charge is 0.224 e. The molecule has 0 aliphatic rings. The molecule has 0 saturated heterocycles. The number of anilines is 2. The van der Waals surface area contributed by atoms with Gasteiger partial charge in [-0.2, -0.15) is 5.10 Å². The van der Waals surface area contributed by atoms with Gasteiger partial charge in [-0.25, -0.2) is 0 Å². The number of nitrogens with zero attached hydrogens (tertiary/aromatic N) is 1. The lowest BCUT2D eigenvalue weighted by Crippen LogP contribution is -2.12. The van der Waals surface area contributed by atoms with E-state index in [2.05, 4.69) is 15.5 Å². The molecule has 0 fully saturated rings. The first-order valence-corrected chi connectivity index (χ1v) is 6.22. The summed E-state index contributed by atoms with van der Waals surface area (Å²) in [6, 6.07) is 7.11. The van der Waals surface area contributed by atoms with Gasteiger partial charge in [0, 0.05) is 23.5 Å². The van der Waals surface area contributed by atoms with Crippen LogP contribution in [0.5, 0.6) is 0 Å². The molecule has 5 heteroatoms. The lowest BCUT2D eigenvalue weighted by atomic mass is 10.1. The van der Waals surface area contributed by atoms with E-state index in [9.17, 15) is 4.79 Å². The van der Waals surface area contributed by atoms with Crippen molar-refractivity contribution >= 4 is 17.3 Å². The normalized spacial score (nSPS) is 10.4. The first kappa shape index (κ1) is 13.1. The molecule has 0 saturated carbocycles. The van der Waals surface area contributed by atoms with Crippen molar-refractivity contribution in [1.29, 1.82) is 0 Å². The summed E-state index contributed by atoms with van der Waals surface area (Å²) in [6.07, 6.45) is 1.13. The molecule has 0 unspecified atom stereocenters. The first-order chi connectivity index (χ1) is 9.06. The van der Waals surface area contributed by atoms with E-state index < -0.39 is 0 Å². The standard InChI is InChI=1S/C14H18N4O/c1-9-13(10(2)18-17-9)7-8-14(19)16-12-5-3-11(15)4-6-12/h3-6H,7-8,15H2,1-2H3,(H,16,19)(H,17,18). The fraction of sp³-hybridized carbons (Fsp3) is 0.286. The summed E-state index contributed by atoms with van der Waals surface area (Å²) in [5.41, 5.74) is 10.1. The van der Waals surface area contributed by atoms with E-state index in [0.29, 0.717) is 18.5 Å². The van der Waals surface area contributed by atoms with E-state index in [-0.39, 0.29) is 5.91 Å². The van der Waals surface area contributed by atoms with Crippen LogP contribution in [0.4, 0.5) is 11.4 Å². The third-order valence-electron chi connectivity index (χ3n) is 3.08. The van der Waals surface area contributed by atoms with Crippen molar-refractivity contribution in [1.82, 2.24) is 10.2 Å². The number of nitrogens with one attached hydrogen (secondary N) is 2. The molecule has 0 aliphatic carbocycles. The molecule has 4 N–H and O–H groups in total. The second kappa shape index (κ2) is 5.56. The monoisotopic (exact) mass is 258 g/mol. The third-order valence-corrected chi connectivity index (χ3v) is 3.08. The summed E-state index contributed by atoms with van der Waals surface area (Å²) in [5.74, 6) is -0.00947. The van der Waals surface area contributed by atoms with Gasteiger partial charge in [0.15, 0.2) is 0 Å². The minimum absolute atomic E-state index is 0.00947. The Labute approximate surface area is 112 Å². The van der Waals surface area contributed by atoms with Crippen LogP contribution < -0.4 is 11.1 Å². The molecule has 19 heavy (non-hydrogen) atoms. The minimum Gasteiger partial charge on any atom is -0.399 e. The molecule has 0 bridgehead atoms. The molecule has 0 radical (unpaired) electrons. The van der Waals surface area contributed by atoms with Gasteiger partial charge in [0.1, 0.15) is 0 Å². The van der Waals surface area contributed by atoms with Gasteiger partial charge in [0.05, 0.1) is 5.69 Å². The predicted molar refractivity (Wildman–Crippen MR) is 75.9 cm³/mol. The second-order valence-electron chi connectivity index (χ2n) is 4.58. The maximum Gasteiger partial charge on any atom is 0.224 e. The summed E-state index contributed by atoms with van der Waals surface area (Å²) < 4.78 is 0. The number of aryl methyl sites for hydroxylation is 2. The fourth-order valence-corrected chi connectivity index (χ4v) is 1.97. The van der Waals surface area contributed by atoms with Crippen LogP contribution in [0.25, 0.3) is 0 Å². The van der Waals surface area contributed by atoms with Crippen molar-refractivity contribution in [3.8, 4) is 0 Å². The van der Waals surface area contributed by atoms with Crippen LogP contribution in [-0.4, -0.2) is 16.1 Å². The van der Waals surface area contributed by atoms with Crippen LogP contribution in [0.3, 0.4) is 0 Å². The van der Waals surface area contributed by atoms with Crippen LogP contribution in [-0.2, 0) is 11.2 Å². The average molecular weight is 258 g/mol. The third kappa shape index (κ3) is 3.34. The van der Waals surface area contributed by atoms with Gasteiger partial charge in [-0.05, 0) is 50.1 Å². The van der Waals surface area contributed by atoms with Gasteiger partial charge in [0.2, 0.25) is 5.91 Å². The van der Waals surface area contributed by atoms with Gasteiger partial charge >= 0.3 is 0 Å². The maximum atomic E-state index is 11.8. The number of aromatic nitrogens is 2. The lowest BCUT2D eigenvalue weighted by Gasteiger charge is -2.05. The molecule has 1 heterocycles. The summed E-state index contributed by atoms with van der Waals surface area (Å²) >= 11 is 0. The van der Waals surface area contributed by atoms with Gasteiger partial charge in [-0.3, -0.25) is 9.89 Å². The molecule has 0 spiro atoms. The number of aromatic amines is 1. The second-order valence-corrected chi connectivity index (χ2v) is 4.58. The predicted octanol–water partition coefficient (Wildman–Crippen LogP) is 2.18. The number of amides is 1. The molecule has 0 aliphatic heterocycles. The van der Waals surface area contributed by atoms with Crippen LogP contribution in [0.2, 0.25) is 0 Å². The summed E-state index contributed by atoms with van der Waals surface area (Å²) in [7, 11) is 0. The number of carbonyl (C=O) groups excluding carboxylic acids is 1. The molecule has 2 aromatic rings. The molecule has 5 nitrogen and oxygen atoms in total. The lowest BCUT2D eigenvalue weighted by molar-refractivity contribution is -0.116. The molecule has 1 amide bonds. The number of nitrogen functional groups attached to an aromatic ring is 1. The Morgan fingerprint density at radius 1 is 1.32 bits per heavy atom. The number of carbonyl (C=O) groups is 1. The van der Waals surface area contributed by atoms with E-state index in [4.69, 9.17) is 5.73 Å². The Morgan fingerprint density at radius 2 is 2.00 bits per heavy atom. The average Bonchev–Trinajstić information content (AvgIpc) is 2.70. The Morgan fingerprint density at radius 3 is 2.58 bits per heavy atom. The topological polar surface area (TPSA) is 83.8 Å². The van der Waals surface area contributed by atoms with E-state index in [0.717, 1.165) is 22.6 Å². The molecule has 1 aromatic carbocycles. The summed E-state index contributed by atoms with van der Waals surface area (Å²) in [6.45, 7) is 3.91. The van der Waals surface area contributed by atoms with Crippen LogP contribution in [0.1, 0.15) is 23.4 Å². The van der Waals surface area contributed by atoms with Crippen LogP contribution in [0, 0.1) is 13.8 Å². The number of H-pyrrole nitrogens is 1. The highest BCUT2D eigenvalue weighted by Gasteiger charge is 2.09. The Kier molecular flexibility index (Phi) is 3.85. The summed E-state index contributed by atoms with van der Waals surface area (Å²) in [5, 5.41) is 9.88. The van der Waals surface area contributed by atoms with Crippen molar-refractivity contribution in [2.45, 2.75) is 26.7 Å². The molecular weight excluding hydrogens is 240 g/mol. The van der Waals surface area contributed by atoms with Crippen molar-refractivity contribution in [3.63, 3.8) is 0 Å². The van der Waals surface area contributed by atoms with Crippen LogP contribution >= 0.6 is 0 Å². The van der Waals surface area contributed by atoms with Crippen LogP contribution in [0.15, 0.2) is 24.3 Å². The minimum atomic E-state index is -0.00947. The van der Waals surface area contributed by atoms with Gasteiger partial charge in [0.25, 0.3) is 0 Å². The zero-order chi connectivity index (χ0) is 13.8. The number of rotatable bonds is 4. The molecule has 0 atom stereocenters. The van der Waals surface area contributed by atoms with Gasteiger partial charge in [-0.15, -0.1) is 0 Å². The van der Waals surface area contributed by atoms with Crippen molar-refractivity contribution < 1.29 is 4.79 Å². The van der Waals surface area contributed by atoms with Gasteiger partial charge < -0.3 is 11.1 Å². The molecule has 100 valence electrons. The largest absolute Gasteiger partial charge is 0.399 e. The quantitative estimate of drug-likeness (QED) is 0.735. The number of benzene rings is 1. The zero-order valence-corrected chi connectivity index (χ0v) is 11.2. The highest BCUT2D eigenvalue weighted by atomic mass is 16.1. The van der Waals surface area contributed by atoms with E-state index in [1.807, 2.05) is 13.8 Å². The van der Waals surface area contributed by atoms with E-state index >= 15 is 0 Å². The van der Waals surface area contributed by atoms with Gasteiger partial charge in [-0.1, -0.05) is 0 Å². The van der Waals surface area contributed by atoms with Crippen molar-refractivity contribution in [2.75, 3.05) is 11.1 Å². The number of hydrogen-bond donors (Lipinski definition) is 3. The van der Waals surface area contributed by atoms with Crippen molar-refractivity contribution in [3.05, 3.63) is 41.2 Å². The molecule has 2 rings (SSSR count). The highest BCUT2D eigenvalue weighted by molar-refractivity contribution is 5.91. The summed E-state index contributed by atoms with van der Waals surface area (Å²) in [4.78, 5) is 11.8. The van der Waals surface area contributed by atoms with E-state index in [1.165, 1.54) is 0 Å².